The van der Waals surface area contributed by atoms with Crippen molar-refractivity contribution in [3.63, 3.8) is 0 Å². The predicted octanol–water partition coefficient (Wildman–Crippen LogP) is 5.34. The second-order valence-corrected chi connectivity index (χ2v) is 17.5. The number of amides is 3. The van der Waals surface area contributed by atoms with Gasteiger partial charge in [0.2, 0.25) is 11.8 Å². The number of methoxy groups -OCH3 is 1. The minimum Gasteiger partial charge on any atom is -0.374 e. The average molecular weight is 802 g/mol. The first-order valence-electron chi connectivity index (χ1n) is 19.7. The molecule has 2 N–H and O–H groups in total. The number of piperidine rings is 1. The fraction of sp³-hybridized carbons (Fsp3) is 0.537. The number of benzene rings is 1. The predicted molar refractivity (Wildman–Crippen MR) is 216 cm³/mol. The summed E-state index contributed by atoms with van der Waals surface area (Å²) in [5.41, 5.74) is 6.42. The third-order valence-electron chi connectivity index (χ3n) is 12.3. The Hall–Kier alpha value is -3.86. The van der Waals surface area contributed by atoms with Gasteiger partial charge in [0, 0.05) is 92.1 Å². The maximum absolute atomic E-state index is 14.5. The highest BCUT2D eigenvalue weighted by Crippen LogP contribution is 2.57. The van der Waals surface area contributed by atoms with E-state index in [1.807, 2.05) is 17.6 Å². The number of hydrogen-bond donors (Lipinski definition) is 3. The van der Waals surface area contributed by atoms with Gasteiger partial charge in [-0.25, -0.2) is 4.98 Å². The molecule has 5 atom stereocenters. The smallest absolute Gasteiger partial charge is 0.260 e. The lowest BCUT2D eigenvalue weighted by atomic mass is 9.67. The number of hydrazine groups is 1. The van der Waals surface area contributed by atoms with E-state index < -0.39 is 23.8 Å². The van der Waals surface area contributed by atoms with Gasteiger partial charge in [0.15, 0.2) is 6.29 Å². The van der Waals surface area contributed by atoms with E-state index in [2.05, 4.69) is 54.9 Å². The third-order valence-corrected chi connectivity index (χ3v) is 13.7. The minimum atomic E-state index is -1.26. The molecule has 0 radical (unpaired) electrons. The number of thiazole rings is 1. The van der Waals surface area contributed by atoms with Crippen LogP contribution >= 0.6 is 24.2 Å². The van der Waals surface area contributed by atoms with Crippen molar-refractivity contribution in [3.8, 4) is 22.5 Å². The molecule has 4 aromatic rings. The van der Waals surface area contributed by atoms with Gasteiger partial charge in [-0.1, -0.05) is 32.7 Å². The molecule has 1 aliphatic carbocycles. The van der Waals surface area contributed by atoms with Gasteiger partial charge in [0.05, 0.1) is 34.7 Å². The molecule has 1 aromatic carbocycles. The average Bonchev–Trinajstić information content (AvgIpc) is 3.80. The Bertz CT molecular complexity index is 2140. The van der Waals surface area contributed by atoms with Crippen LogP contribution in [0.2, 0.25) is 0 Å². The summed E-state index contributed by atoms with van der Waals surface area (Å²) in [6.07, 6.45) is 2.56. The molecule has 6 heterocycles. The first-order chi connectivity index (χ1) is 26.9. The largest absolute Gasteiger partial charge is 0.374 e. The highest BCUT2D eigenvalue weighted by atomic mass is 32.1. The minimum absolute atomic E-state index is 0.00526. The summed E-state index contributed by atoms with van der Waals surface area (Å²) in [5, 5.41) is 20.1. The van der Waals surface area contributed by atoms with Gasteiger partial charge in [0.1, 0.15) is 12.1 Å². The molecule has 3 amide bonds. The fourth-order valence-corrected chi connectivity index (χ4v) is 10.6. The molecule has 3 aliphatic heterocycles. The summed E-state index contributed by atoms with van der Waals surface area (Å²) >= 11 is 6.26. The number of hydrogen-bond acceptors (Lipinski definition) is 11. The molecule has 6 bridgehead atoms. The van der Waals surface area contributed by atoms with Crippen molar-refractivity contribution in [3.05, 3.63) is 58.2 Å². The zero-order valence-corrected chi connectivity index (χ0v) is 34.3. The Morgan fingerprint density at radius 2 is 1.95 bits per heavy atom. The van der Waals surface area contributed by atoms with Gasteiger partial charge < -0.3 is 29.4 Å². The topological polar surface area (TPSA) is 142 Å². The molecular weight excluding hydrogens is 751 g/mol. The van der Waals surface area contributed by atoms with Gasteiger partial charge in [-0.2, -0.15) is 4.41 Å². The first-order valence-corrected chi connectivity index (χ1v) is 20.9. The highest BCUT2D eigenvalue weighted by Gasteiger charge is 2.48. The molecule has 13 nitrogen and oxygen atoms in total. The number of nitrogens with one attached hydrogen (secondary N) is 1. The van der Waals surface area contributed by atoms with Crippen molar-refractivity contribution in [2.45, 2.75) is 96.7 Å². The van der Waals surface area contributed by atoms with Crippen molar-refractivity contribution < 1.29 is 29.0 Å². The van der Waals surface area contributed by atoms with Crippen molar-refractivity contribution in [2.24, 2.45) is 11.3 Å². The van der Waals surface area contributed by atoms with Crippen LogP contribution in [0.3, 0.4) is 0 Å². The SMILES string of the molecule is CCn1c2c3c4cc(ccc41)-c1csc(n1)C[C@H](NC(=O)C1CCN(C(C)=O)CC1)C(=O)N1CCC[C@@H](C(O)OCC(C)(C)C3[C@H](OC)c3ncccc3-2)N1S. The summed E-state index contributed by atoms with van der Waals surface area (Å²) in [6.45, 7) is 10.3. The molecule has 0 spiro atoms. The van der Waals surface area contributed by atoms with E-state index in [0.717, 1.165) is 51.2 Å². The van der Waals surface area contributed by atoms with E-state index in [0.29, 0.717) is 50.3 Å². The van der Waals surface area contributed by atoms with Crippen LogP contribution < -0.4 is 5.32 Å². The molecule has 2 fully saturated rings. The van der Waals surface area contributed by atoms with Gasteiger partial charge in [-0.15, -0.1) is 11.3 Å². The lowest BCUT2D eigenvalue weighted by Crippen LogP contribution is -2.60. The number of aromatic nitrogens is 3. The maximum Gasteiger partial charge on any atom is 0.260 e. The van der Waals surface area contributed by atoms with E-state index in [1.165, 1.54) is 20.8 Å². The van der Waals surface area contributed by atoms with E-state index in [4.69, 9.17) is 32.3 Å². The fourth-order valence-electron chi connectivity index (χ4n) is 9.33. The summed E-state index contributed by atoms with van der Waals surface area (Å²) in [5.74, 6) is -1.08. The van der Waals surface area contributed by atoms with Crippen LogP contribution in [0.25, 0.3) is 33.4 Å². The molecule has 298 valence electrons. The number of aliphatic hydroxyl groups is 1. The highest BCUT2D eigenvalue weighted by molar-refractivity contribution is 7.77. The van der Waals surface area contributed by atoms with Crippen LogP contribution in [0, 0.1) is 11.3 Å². The van der Waals surface area contributed by atoms with Crippen LogP contribution in [0.4, 0.5) is 0 Å². The zero-order valence-electron chi connectivity index (χ0n) is 32.6. The molecular formula is C41H51N7O6S2. The molecule has 8 rings (SSSR count). The molecule has 3 aromatic heterocycles. The Kier molecular flexibility index (Phi) is 10.8. The second kappa shape index (κ2) is 15.5. The van der Waals surface area contributed by atoms with E-state index in [1.54, 1.807) is 18.9 Å². The van der Waals surface area contributed by atoms with E-state index >= 15 is 0 Å². The quantitative estimate of drug-likeness (QED) is 0.233. The van der Waals surface area contributed by atoms with Gasteiger partial charge in [-0.05, 0) is 67.9 Å². The molecule has 0 saturated carbocycles. The van der Waals surface area contributed by atoms with Crippen LogP contribution in [0.1, 0.15) is 81.7 Å². The van der Waals surface area contributed by atoms with Crippen molar-refractivity contribution in [2.75, 3.05) is 33.4 Å². The maximum atomic E-state index is 14.5. The first kappa shape index (κ1) is 39.0. The summed E-state index contributed by atoms with van der Waals surface area (Å²) in [4.78, 5) is 51.9. The molecule has 2 saturated heterocycles. The van der Waals surface area contributed by atoms with Crippen LogP contribution in [-0.2, 0) is 36.8 Å². The third kappa shape index (κ3) is 6.83. The molecule has 15 heteroatoms. The summed E-state index contributed by atoms with van der Waals surface area (Å²) in [6, 6.07) is 9.00. The van der Waals surface area contributed by atoms with E-state index in [-0.39, 0.29) is 48.7 Å². The lowest BCUT2D eigenvalue weighted by molar-refractivity contribution is -0.190. The zero-order chi connectivity index (χ0) is 39.5. The van der Waals surface area contributed by atoms with Gasteiger partial charge in [-0.3, -0.25) is 24.4 Å². The summed E-state index contributed by atoms with van der Waals surface area (Å²) < 4.78 is 16.6. The number of aliphatic hydroxyl groups excluding tert-OH is 1. The van der Waals surface area contributed by atoms with Crippen molar-refractivity contribution >= 4 is 52.8 Å². The van der Waals surface area contributed by atoms with E-state index in [9.17, 15) is 19.5 Å². The number of pyridine rings is 1. The number of rotatable bonds is 4. The van der Waals surface area contributed by atoms with Gasteiger partial charge in [0.25, 0.3) is 5.91 Å². The Labute approximate surface area is 336 Å². The van der Waals surface area contributed by atoms with Gasteiger partial charge >= 0.3 is 0 Å². The molecule has 56 heavy (non-hydrogen) atoms. The number of nitrogens with zero attached hydrogens (tertiary/aromatic N) is 6. The second-order valence-electron chi connectivity index (χ2n) is 16.2. The molecule has 4 aliphatic rings. The number of fused-ring (bicyclic) bond motifs is 8. The van der Waals surface area contributed by atoms with Crippen molar-refractivity contribution in [1.82, 2.24) is 34.2 Å². The molecule has 2 unspecified atom stereocenters. The normalized spacial score (nSPS) is 25.8. The number of carbonyl (C=O) groups excluding carboxylic acids is 3. The number of aryl methyl sites for hydroxylation is 1. The monoisotopic (exact) mass is 801 g/mol. The van der Waals surface area contributed by atoms with Crippen LogP contribution in [0.5, 0.6) is 0 Å². The lowest BCUT2D eigenvalue weighted by Gasteiger charge is -2.45. The Balaban J connectivity index is 1.23. The number of likely N-dealkylation sites (tertiary alicyclic amines) is 1. The standard InChI is InChI=1S/C41H51N7O6S2/c1-6-46-30-12-11-25-19-27(30)33-34(37(53-5)35-26(36(33)46)9-7-15-42-35)41(3,4)22-54-40(52)31-10-8-16-47(48(31)55)39(51)28(20-32-43-29(25)21-56-32)44-38(50)24-13-17-45(18-14-24)23(2)49/h7,9,11-12,15,19,21,24,28,31,34,37,40,52,55H,6,8,10,13-14,16-18,20,22H2,1-5H3,(H,44,50)/t28-,31-,34?,37-,40?/m0/s1. The Morgan fingerprint density at radius 1 is 1.16 bits per heavy atom. The Morgan fingerprint density at radius 3 is 2.68 bits per heavy atom. The van der Waals surface area contributed by atoms with Crippen LogP contribution in [0.15, 0.2) is 41.9 Å². The van der Waals surface area contributed by atoms with Crippen molar-refractivity contribution in [1.29, 1.82) is 0 Å². The summed E-state index contributed by atoms with van der Waals surface area (Å²) in [7, 11) is 1.73. The number of ether oxygens (including phenoxy) is 2. The number of carbonyl (C=O) groups is 3. The van der Waals surface area contributed by atoms with Crippen LogP contribution in [-0.4, -0.2) is 103 Å². The number of thiol groups is 1.